The van der Waals surface area contributed by atoms with Crippen molar-refractivity contribution in [3.63, 3.8) is 0 Å². The molecule has 4 heteroatoms. The van der Waals surface area contributed by atoms with Crippen LogP contribution in [0.1, 0.15) is 20.8 Å². The van der Waals surface area contributed by atoms with Crippen molar-refractivity contribution in [2.45, 2.75) is 26.9 Å². The molecule has 0 aliphatic rings. The SMILES string of the molecule is CCNCC(=O)NCC(O)C(C)C. The quantitative estimate of drug-likeness (QED) is 0.537. The summed E-state index contributed by atoms with van der Waals surface area (Å²) in [7, 11) is 0. The van der Waals surface area contributed by atoms with Crippen LogP contribution in [0, 0.1) is 5.92 Å². The summed E-state index contributed by atoms with van der Waals surface area (Å²) < 4.78 is 0. The van der Waals surface area contributed by atoms with Gasteiger partial charge in [0.25, 0.3) is 0 Å². The molecule has 0 aliphatic heterocycles. The van der Waals surface area contributed by atoms with Crippen molar-refractivity contribution in [1.82, 2.24) is 10.6 Å². The van der Waals surface area contributed by atoms with Gasteiger partial charge in [-0.2, -0.15) is 0 Å². The Bertz CT molecular complexity index is 149. The minimum Gasteiger partial charge on any atom is -0.391 e. The van der Waals surface area contributed by atoms with Crippen molar-refractivity contribution >= 4 is 5.91 Å². The van der Waals surface area contributed by atoms with Gasteiger partial charge in [0.15, 0.2) is 0 Å². The Kier molecular flexibility index (Phi) is 6.54. The monoisotopic (exact) mass is 188 g/mol. The van der Waals surface area contributed by atoms with Crippen LogP contribution in [0.2, 0.25) is 0 Å². The Balaban J connectivity index is 3.46. The van der Waals surface area contributed by atoms with E-state index in [2.05, 4.69) is 10.6 Å². The van der Waals surface area contributed by atoms with Gasteiger partial charge < -0.3 is 15.7 Å². The van der Waals surface area contributed by atoms with Gasteiger partial charge in [0.1, 0.15) is 0 Å². The third-order valence-electron chi connectivity index (χ3n) is 1.81. The summed E-state index contributed by atoms with van der Waals surface area (Å²) in [6, 6.07) is 0. The lowest BCUT2D eigenvalue weighted by Crippen LogP contribution is -2.39. The molecule has 0 aromatic carbocycles. The van der Waals surface area contributed by atoms with Crippen molar-refractivity contribution in [1.29, 1.82) is 0 Å². The molecule has 0 saturated carbocycles. The molecule has 0 rings (SSSR count). The second-order valence-electron chi connectivity index (χ2n) is 3.40. The molecule has 0 aromatic rings. The first kappa shape index (κ1) is 12.4. The third-order valence-corrected chi connectivity index (χ3v) is 1.81. The van der Waals surface area contributed by atoms with E-state index in [1.54, 1.807) is 0 Å². The number of rotatable bonds is 6. The fourth-order valence-electron chi connectivity index (χ4n) is 0.755. The molecule has 78 valence electrons. The lowest BCUT2D eigenvalue weighted by Gasteiger charge is -2.14. The number of hydrogen-bond donors (Lipinski definition) is 3. The summed E-state index contributed by atoms with van der Waals surface area (Å²) in [4.78, 5) is 11.0. The van der Waals surface area contributed by atoms with Crippen LogP contribution in [0.25, 0.3) is 0 Å². The minimum atomic E-state index is -0.453. The number of carbonyl (C=O) groups is 1. The van der Waals surface area contributed by atoms with Gasteiger partial charge in [-0.25, -0.2) is 0 Å². The molecule has 1 atom stereocenters. The zero-order valence-electron chi connectivity index (χ0n) is 8.63. The number of aliphatic hydroxyl groups is 1. The summed E-state index contributed by atoms with van der Waals surface area (Å²) in [5.41, 5.74) is 0. The fraction of sp³-hybridized carbons (Fsp3) is 0.889. The molecular weight excluding hydrogens is 168 g/mol. The molecule has 0 aliphatic carbocycles. The lowest BCUT2D eigenvalue weighted by molar-refractivity contribution is -0.120. The van der Waals surface area contributed by atoms with E-state index >= 15 is 0 Å². The highest BCUT2D eigenvalue weighted by molar-refractivity contribution is 5.77. The maximum Gasteiger partial charge on any atom is 0.234 e. The second-order valence-corrected chi connectivity index (χ2v) is 3.40. The van der Waals surface area contributed by atoms with Gasteiger partial charge in [-0.05, 0) is 12.5 Å². The van der Waals surface area contributed by atoms with Gasteiger partial charge in [-0.3, -0.25) is 4.79 Å². The Hall–Kier alpha value is -0.610. The summed E-state index contributed by atoms with van der Waals surface area (Å²) in [5.74, 6) is 0.112. The van der Waals surface area contributed by atoms with Crippen molar-refractivity contribution < 1.29 is 9.90 Å². The van der Waals surface area contributed by atoms with Crippen LogP contribution in [-0.2, 0) is 4.79 Å². The summed E-state index contributed by atoms with van der Waals surface area (Å²) in [5, 5.41) is 14.9. The van der Waals surface area contributed by atoms with E-state index in [-0.39, 0.29) is 11.8 Å². The number of amides is 1. The number of hydrogen-bond acceptors (Lipinski definition) is 3. The van der Waals surface area contributed by atoms with Gasteiger partial charge in [0.05, 0.1) is 12.6 Å². The predicted octanol–water partition coefficient (Wildman–Crippen LogP) is -0.271. The Morgan fingerprint density at radius 2 is 2.08 bits per heavy atom. The summed E-state index contributed by atoms with van der Waals surface area (Å²) in [6.45, 7) is 7.21. The van der Waals surface area contributed by atoms with Crippen molar-refractivity contribution in [2.24, 2.45) is 5.92 Å². The molecule has 1 unspecified atom stereocenters. The van der Waals surface area contributed by atoms with Crippen LogP contribution in [0.15, 0.2) is 0 Å². The van der Waals surface area contributed by atoms with E-state index < -0.39 is 6.10 Å². The molecule has 13 heavy (non-hydrogen) atoms. The third kappa shape index (κ3) is 6.54. The lowest BCUT2D eigenvalue weighted by atomic mass is 10.1. The highest BCUT2D eigenvalue weighted by Gasteiger charge is 2.09. The van der Waals surface area contributed by atoms with Crippen LogP contribution < -0.4 is 10.6 Å². The average Bonchev–Trinajstić information content (AvgIpc) is 2.10. The van der Waals surface area contributed by atoms with E-state index in [1.165, 1.54) is 0 Å². The number of carbonyl (C=O) groups excluding carboxylic acids is 1. The van der Waals surface area contributed by atoms with Crippen LogP contribution in [0.5, 0.6) is 0 Å². The van der Waals surface area contributed by atoms with Gasteiger partial charge in [0.2, 0.25) is 5.91 Å². The van der Waals surface area contributed by atoms with Crippen molar-refractivity contribution in [3.05, 3.63) is 0 Å². The molecule has 0 heterocycles. The first-order valence-corrected chi connectivity index (χ1v) is 4.73. The first-order chi connectivity index (χ1) is 6.07. The van der Waals surface area contributed by atoms with Crippen molar-refractivity contribution in [3.8, 4) is 0 Å². The van der Waals surface area contributed by atoms with E-state index in [1.807, 2.05) is 20.8 Å². The summed E-state index contributed by atoms with van der Waals surface area (Å²) in [6.07, 6.45) is -0.453. The van der Waals surface area contributed by atoms with Gasteiger partial charge in [-0.15, -0.1) is 0 Å². The molecule has 3 N–H and O–H groups in total. The largest absolute Gasteiger partial charge is 0.391 e. The van der Waals surface area contributed by atoms with Crippen molar-refractivity contribution in [2.75, 3.05) is 19.6 Å². The summed E-state index contributed by atoms with van der Waals surface area (Å²) >= 11 is 0. The van der Waals surface area contributed by atoms with E-state index in [0.29, 0.717) is 13.1 Å². The maximum atomic E-state index is 11.0. The molecule has 0 aromatic heterocycles. The Morgan fingerprint density at radius 3 is 2.54 bits per heavy atom. The Labute approximate surface area is 79.7 Å². The molecule has 1 amide bonds. The number of nitrogens with one attached hydrogen (secondary N) is 2. The molecular formula is C9H20N2O2. The average molecular weight is 188 g/mol. The molecule has 0 bridgehead atoms. The molecule has 0 radical (unpaired) electrons. The molecule has 0 fully saturated rings. The standard InChI is InChI=1S/C9H20N2O2/c1-4-10-6-9(13)11-5-8(12)7(2)3/h7-8,10,12H,4-6H2,1-3H3,(H,11,13). The van der Waals surface area contributed by atoms with Crippen LogP contribution in [0.4, 0.5) is 0 Å². The molecule has 4 nitrogen and oxygen atoms in total. The van der Waals surface area contributed by atoms with Crippen LogP contribution in [-0.4, -0.2) is 36.8 Å². The topological polar surface area (TPSA) is 61.4 Å². The van der Waals surface area contributed by atoms with Crippen LogP contribution >= 0.6 is 0 Å². The smallest absolute Gasteiger partial charge is 0.234 e. The first-order valence-electron chi connectivity index (χ1n) is 4.73. The number of aliphatic hydroxyl groups excluding tert-OH is 1. The highest BCUT2D eigenvalue weighted by atomic mass is 16.3. The zero-order valence-corrected chi connectivity index (χ0v) is 8.63. The molecule has 0 saturated heterocycles. The van der Waals surface area contributed by atoms with Gasteiger partial charge in [-0.1, -0.05) is 20.8 Å². The fourth-order valence-corrected chi connectivity index (χ4v) is 0.755. The van der Waals surface area contributed by atoms with Gasteiger partial charge in [0, 0.05) is 6.54 Å². The molecule has 0 spiro atoms. The Morgan fingerprint density at radius 1 is 1.46 bits per heavy atom. The maximum absolute atomic E-state index is 11.0. The predicted molar refractivity (Wildman–Crippen MR) is 52.4 cm³/mol. The highest BCUT2D eigenvalue weighted by Crippen LogP contribution is 1.98. The second kappa shape index (κ2) is 6.86. The van der Waals surface area contributed by atoms with E-state index in [9.17, 15) is 9.90 Å². The number of likely N-dealkylation sites (N-methyl/N-ethyl adjacent to an activating group) is 1. The minimum absolute atomic E-state index is 0.0680. The zero-order chi connectivity index (χ0) is 10.3. The van der Waals surface area contributed by atoms with Crippen LogP contribution in [0.3, 0.4) is 0 Å². The normalized spacial score (nSPS) is 13.0. The van der Waals surface area contributed by atoms with E-state index in [0.717, 1.165) is 6.54 Å². The van der Waals surface area contributed by atoms with E-state index in [4.69, 9.17) is 0 Å². The van der Waals surface area contributed by atoms with Gasteiger partial charge >= 0.3 is 0 Å².